The van der Waals surface area contributed by atoms with Crippen LogP contribution in [0.3, 0.4) is 0 Å². The first kappa shape index (κ1) is 29.8. The first-order chi connectivity index (χ1) is 21.0. The molecule has 44 heavy (non-hydrogen) atoms. The third kappa shape index (κ3) is 6.10. The number of halogens is 4. The molecule has 5 aromatic carbocycles. The molecule has 0 spiro atoms. The van der Waals surface area contributed by atoms with E-state index in [1.54, 1.807) is 12.1 Å². The lowest BCUT2D eigenvalue weighted by molar-refractivity contribution is -0.186. The Labute approximate surface area is 248 Å². The Balaban J connectivity index is 1.37. The maximum absolute atomic E-state index is 15.4. The summed E-state index contributed by atoms with van der Waals surface area (Å²) in [6.07, 6.45) is -5.82. The van der Waals surface area contributed by atoms with Gasteiger partial charge < -0.3 is 18.9 Å². The summed E-state index contributed by atoms with van der Waals surface area (Å²) in [7, 11) is 0. The molecule has 0 heterocycles. The number of fused-ring (bicyclic) bond motifs is 2. The predicted molar refractivity (Wildman–Crippen MR) is 155 cm³/mol. The minimum atomic E-state index is -3.86. The summed E-state index contributed by atoms with van der Waals surface area (Å²) in [5, 5.41) is 0.635. The maximum Gasteiger partial charge on any atom is 0.427 e. The molecule has 0 N–H and O–H groups in total. The lowest BCUT2D eigenvalue weighted by atomic mass is 10.0. The monoisotopic (exact) mass is 602 g/mol. The Bertz CT molecular complexity index is 1760. The lowest BCUT2D eigenvalue weighted by Crippen LogP contribution is -2.23. The third-order valence-electron chi connectivity index (χ3n) is 6.47. The van der Waals surface area contributed by atoms with Gasteiger partial charge in [0.25, 0.3) is 0 Å². The van der Waals surface area contributed by atoms with Crippen LogP contribution in [-0.4, -0.2) is 11.9 Å². The number of rotatable bonds is 10. The summed E-state index contributed by atoms with van der Waals surface area (Å²) >= 11 is 0. The molecule has 0 aliphatic carbocycles. The quantitative estimate of drug-likeness (QED) is 0.0692. The van der Waals surface area contributed by atoms with Crippen molar-refractivity contribution >= 4 is 33.5 Å². The number of benzene rings is 5. The normalized spacial score (nSPS) is 11.5. The van der Waals surface area contributed by atoms with E-state index < -0.39 is 35.3 Å². The van der Waals surface area contributed by atoms with Crippen LogP contribution < -0.4 is 18.9 Å². The van der Waals surface area contributed by atoms with Crippen LogP contribution in [0, 0.1) is 0 Å². The highest BCUT2D eigenvalue weighted by atomic mass is 19.3. The summed E-state index contributed by atoms with van der Waals surface area (Å²) in [4.78, 5) is 23.3. The van der Waals surface area contributed by atoms with Crippen molar-refractivity contribution in [3.8, 4) is 23.0 Å². The first-order valence-corrected chi connectivity index (χ1v) is 13.0. The van der Waals surface area contributed by atoms with Gasteiger partial charge in [-0.2, -0.15) is 17.6 Å². The minimum Gasteiger partial charge on any atom is -0.429 e. The number of alkyl halides is 4. The van der Waals surface area contributed by atoms with Crippen LogP contribution in [-0.2, 0) is 21.8 Å². The van der Waals surface area contributed by atoms with Crippen LogP contribution in [0.2, 0.25) is 0 Å². The zero-order chi connectivity index (χ0) is 31.5. The second kappa shape index (κ2) is 11.9. The fraction of sp³-hybridized carbons (Fsp3) is 0.0588. The minimum absolute atomic E-state index is 0.0627. The van der Waals surface area contributed by atoms with Crippen LogP contribution in [0.25, 0.3) is 21.5 Å². The van der Waals surface area contributed by atoms with Crippen LogP contribution >= 0.6 is 0 Å². The molecule has 0 aromatic heterocycles. The molecule has 0 fully saturated rings. The predicted octanol–water partition coefficient (Wildman–Crippen LogP) is 8.43. The van der Waals surface area contributed by atoms with Gasteiger partial charge >= 0.3 is 24.2 Å². The molecule has 0 saturated heterocycles. The Morgan fingerprint density at radius 1 is 0.523 bits per heavy atom. The van der Waals surface area contributed by atoms with Gasteiger partial charge in [0.2, 0.25) is 0 Å². The largest absolute Gasteiger partial charge is 0.429 e. The SMILES string of the molecule is C=CC(=O)Oc1ccc(C(F)(F)Oc2ccc(OC(F)(F)c3ccc(OC(=O)C=C)c4ccccc34)cc2)c2ccccc12. The number of esters is 2. The van der Waals surface area contributed by atoms with E-state index in [2.05, 4.69) is 13.2 Å². The number of hydrogen-bond donors (Lipinski definition) is 0. The van der Waals surface area contributed by atoms with Crippen molar-refractivity contribution in [1.29, 1.82) is 0 Å². The van der Waals surface area contributed by atoms with Gasteiger partial charge in [-0.1, -0.05) is 61.7 Å². The number of carbonyl (C=O) groups is 2. The van der Waals surface area contributed by atoms with Crippen molar-refractivity contribution < 1.29 is 46.1 Å². The van der Waals surface area contributed by atoms with Crippen molar-refractivity contribution in [2.75, 3.05) is 0 Å². The van der Waals surface area contributed by atoms with Crippen molar-refractivity contribution in [3.05, 3.63) is 133 Å². The van der Waals surface area contributed by atoms with Crippen LogP contribution in [0.15, 0.2) is 122 Å². The van der Waals surface area contributed by atoms with E-state index in [4.69, 9.17) is 18.9 Å². The highest BCUT2D eigenvalue weighted by Crippen LogP contribution is 2.41. The molecule has 5 aromatic rings. The van der Waals surface area contributed by atoms with E-state index in [1.807, 2.05) is 0 Å². The topological polar surface area (TPSA) is 71.1 Å². The molecule has 5 rings (SSSR count). The average molecular weight is 603 g/mol. The molecule has 0 radical (unpaired) electrons. The van der Waals surface area contributed by atoms with E-state index in [1.165, 1.54) is 48.5 Å². The fourth-order valence-electron chi connectivity index (χ4n) is 4.51. The number of carbonyl (C=O) groups excluding carboxylic acids is 2. The number of hydrogen-bond acceptors (Lipinski definition) is 6. The van der Waals surface area contributed by atoms with Gasteiger partial charge in [-0.05, 0) is 59.3 Å². The summed E-state index contributed by atoms with van der Waals surface area (Å²) < 4.78 is 81.7. The van der Waals surface area contributed by atoms with Gasteiger partial charge in [0, 0.05) is 22.9 Å². The van der Waals surface area contributed by atoms with Gasteiger partial charge in [-0.25, -0.2) is 9.59 Å². The molecule has 0 atom stereocenters. The molecule has 10 heteroatoms. The first-order valence-electron chi connectivity index (χ1n) is 13.0. The molecular weight excluding hydrogens is 580 g/mol. The molecule has 6 nitrogen and oxygen atoms in total. The molecule has 0 amide bonds. The van der Waals surface area contributed by atoms with E-state index in [-0.39, 0.29) is 44.5 Å². The van der Waals surface area contributed by atoms with Gasteiger partial charge in [0.1, 0.15) is 23.0 Å². The van der Waals surface area contributed by atoms with Gasteiger partial charge in [0.05, 0.1) is 11.1 Å². The molecule has 0 bridgehead atoms. The summed E-state index contributed by atoms with van der Waals surface area (Å²) in [5.74, 6) is -2.03. The van der Waals surface area contributed by atoms with Crippen molar-refractivity contribution in [2.24, 2.45) is 0 Å². The van der Waals surface area contributed by atoms with E-state index >= 15 is 17.6 Å². The summed E-state index contributed by atoms with van der Waals surface area (Å²) in [6.45, 7) is 6.65. The smallest absolute Gasteiger partial charge is 0.427 e. The second-order valence-electron chi connectivity index (χ2n) is 9.27. The highest BCUT2D eigenvalue weighted by Gasteiger charge is 2.38. The Morgan fingerprint density at radius 3 is 1.20 bits per heavy atom. The van der Waals surface area contributed by atoms with Crippen molar-refractivity contribution in [1.82, 2.24) is 0 Å². The Morgan fingerprint density at radius 2 is 0.864 bits per heavy atom. The van der Waals surface area contributed by atoms with Crippen LogP contribution in [0.5, 0.6) is 23.0 Å². The van der Waals surface area contributed by atoms with E-state index in [0.717, 1.165) is 48.6 Å². The van der Waals surface area contributed by atoms with Gasteiger partial charge in [0.15, 0.2) is 0 Å². The average Bonchev–Trinajstić information content (AvgIpc) is 3.01. The molecule has 0 saturated carbocycles. The molecule has 0 aliphatic rings. The third-order valence-corrected chi connectivity index (χ3v) is 6.47. The van der Waals surface area contributed by atoms with Crippen LogP contribution in [0.1, 0.15) is 11.1 Å². The highest BCUT2D eigenvalue weighted by molar-refractivity contribution is 5.95. The Kier molecular flexibility index (Phi) is 8.09. The lowest BCUT2D eigenvalue weighted by Gasteiger charge is -2.22. The van der Waals surface area contributed by atoms with Crippen molar-refractivity contribution in [2.45, 2.75) is 12.2 Å². The summed E-state index contributed by atoms with van der Waals surface area (Å²) in [6, 6.07) is 21.0. The molecule has 0 unspecified atom stereocenters. The van der Waals surface area contributed by atoms with Crippen LogP contribution in [0.4, 0.5) is 17.6 Å². The molecule has 0 aliphatic heterocycles. The zero-order valence-corrected chi connectivity index (χ0v) is 22.8. The summed E-state index contributed by atoms with van der Waals surface area (Å²) in [5.41, 5.74) is -1.01. The van der Waals surface area contributed by atoms with Gasteiger partial charge in [-0.3, -0.25) is 0 Å². The van der Waals surface area contributed by atoms with E-state index in [9.17, 15) is 9.59 Å². The number of ether oxygens (including phenoxy) is 4. The Hall–Kier alpha value is -5.64. The van der Waals surface area contributed by atoms with E-state index in [0.29, 0.717) is 0 Å². The zero-order valence-electron chi connectivity index (χ0n) is 22.8. The van der Waals surface area contributed by atoms with Gasteiger partial charge in [-0.15, -0.1) is 0 Å². The standard InChI is InChI=1S/C34H22F4O6/c1-3-31(39)41-29-19-17-27(23-9-5-7-11-25(23)29)33(35,36)43-21-13-15-22(16-14-21)44-34(37,38)28-18-20-30(42-32(40)4-2)26-12-8-6-10-24(26)28/h3-20H,1-2H2. The molecule has 222 valence electrons. The molecular formula is C34H22F4O6. The second-order valence-corrected chi connectivity index (χ2v) is 9.27. The van der Waals surface area contributed by atoms with Crippen molar-refractivity contribution in [3.63, 3.8) is 0 Å². The fourth-order valence-corrected chi connectivity index (χ4v) is 4.51. The maximum atomic E-state index is 15.4.